The Bertz CT molecular complexity index is 91.3. The number of hydrogen-bond donors (Lipinski definition) is 1. The summed E-state index contributed by atoms with van der Waals surface area (Å²) in [6.07, 6.45) is 2.26. The van der Waals surface area contributed by atoms with E-state index < -0.39 is 0 Å². The first kappa shape index (κ1) is 8.41. The number of thioether (sulfide) groups is 1. The van der Waals surface area contributed by atoms with Crippen molar-refractivity contribution in [3.63, 3.8) is 0 Å². The van der Waals surface area contributed by atoms with Gasteiger partial charge in [0.2, 0.25) is 0 Å². The zero-order valence-electron chi connectivity index (χ0n) is 6.55. The molecule has 1 nitrogen and oxygen atoms in total. The highest BCUT2D eigenvalue weighted by molar-refractivity contribution is 8.00. The maximum absolute atomic E-state index is 8.73. The van der Waals surface area contributed by atoms with Crippen LogP contribution in [0, 0.1) is 11.8 Å². The van der Waals surface area contributed by atoms with Gasteiger partial charge < -0.3 is 5.11 Å². The molecule has 1 N–H and O–H groups in total. The third-order valence-corrected chi connectivity index (χ3v) is 3.68. The van der Waals surface area contributed by atoms with Gasteiger partial charge in [-0.2, -0.15) is 11.8 Å². The zero-order valence-corrected chi connectivity index (χ0v) is 7.36. The first-order valence-corrected chi connectivity index (χ1v) is 5.22. The Morgan fingerprint density at radius 3 is 2.60 bits per heavy atom. The van der Waals surface area contributed by atoms with Crippen molar-refractivity contribution >= 4 is 11.8 Å². The van der Waals surface area contributed by atoms with E-state index >= 15 is 0 Å². The molecule has 1 fully saturated rings. The lowest BCUT2D eigenvalue weighted by Gasteiger charge is -2.32. The van der Waals surface area contributed by atoms with Gasteiger partial charge in [-0.3, -0.25) is 0 Å². The van der Waals surface area contributed by atoms with Gasteiger partial charge in [0.25, 0.3) is 0 Å². The molecule has 1 saturated heterocycles. The Morgan fingerprint density at radius 2 is 2.30 bits per heavy atom. The average Bonchev–Trinajstić information content (AvgIpc) is 1.83. The lowest BCUT2D eigenvalue weighted by molar-refractivity contribution is 0.227. The summed E-state index contributed by atoms with van der Waals surface area (Å²) in [5, 5.41) is 8.73. The van der Waals surface area contributed by atoms with E-state index in [1.807, 2.05) is 11.8 Å². The molecule has 1 rings (SSSR count). The average molecular weight is 160 g/mol. The van der Waals surface area contributed by atoms with Crippen molar-refractivity contribution < 1.29 is 5.11 Å². The van der Waals surface area contributed by atoms with Crippen LogP contribution in [0.2, 0.25) is 0 Å². The van der Waals surface area contributed by atoms with Crippen LogP contribution in [0.5, 0.6) is 0 Å². The molecule has 0 amide bonds. The summed E-state index contributed by atoms with van der Waals surface area (Å²) in [4.78, 5) is 0. The Kier molecular flexibility index (Phi) is 3.57. The fraction of sp³-hybridized carbons (Fsp3) is 1.00. The Balaban J connectivity index is 2.17. The molecule has 0 saturated carbocycles. The van der Waals surface area contributed by atoms with Crippen molar-refractivity contribution in [2.75, 3.05) is 18.1 Å². The Labute approximate surface area is 67.2 Å². The van der Waals surface area contributed by atoms with Gasteiger partial charge in [-0.25, -0.2) is 0 Å². The molecule has 0 radical (unpaired) electrons. The molecule has 0 aromatic carbocycles. The van der Waals surface area contributed by atoms with E-state index in [4.69, 9.17) is 5.11 Å². The van der Waals surface area contributed by atoms with E-state index in [-0.39, 0.29) is 0 Å². The topological polar surface area (TPSA) is 20.2 Å². The highest BCUT2D eigenvalue weighted by Crippen LogP contribution is 2.34. The van der Waals surface area contributed by atoms with Crippen LogP contribution >= 0.6 is 11.8 Å². The first-order valence-electron chi connectivity index (χ1n) is 4.07. The SMILES string of the molecule is CCC(CCO)C1CSC1. The predicted molar refractivity (Wildman–Crippen MR) is 46.3 cm³/mol. The van der Waals surface area contributed by atoms with E-state index in [1.165, 1.54) is 17.9 Å². The molecule has 2 heteroatoms. The second kappa shape index (κ2) is 4.24. The summed E-state index contributed by atoms with van der Waals surface area (Å²) in [7, 11) is 0. The quantitative estimate of drug-likeness (QED) is 0.676. The molecule has 1 heterocycles. The maximum Gasteiger partial charge on any atom is 0.0433 e. The fourth-order valence-corrected chi connectivity index (χ4v) is 2.52. The second-order valence-corrected chi connectivity index (χ2v) is 4.05. The molecule has 1 unspecified atom stereocenters. The van der Waals surface area contributed by atoms with Crippen LogP contribution < -0.4 is 0 Å². The minimum Gasteiger partial charge on any atom is -0.396 e. The van der Waals surface area contributed by atoms with Crippen LogP contribution in [-0.2, 0) is 0 Å². The third-order valence-electron chi connectivity index (χ3n) is 2.35. The van der Waals surface area contributed by atoms with E-state index in [0.717, 1.165) is 18.3 Å². The van der Waals surface area contributed by atoms with Crippen molar-refractivity contribution in [2.45, 2.75) is 19.8 Å². The van der Waals surface area contributed by atoms with Crippen LogP contribution in [0.3, 0.4) is 0 Å². The van der Waals surface area contributed by atoms with Gasteiger partial charge in [0.15, 0.2) is 0 Å². The third kappa shape index (κ3) is 1.89. The van der Waals surface area contributed by atoms with E-state index in [1.54, 1.807) is 0 Å². The first-order chi connectivity index (χ1) is 4.88. The zero-order chi connectivity index (χ0) is 7.40. The molecular weight excluding hydrogens is 144 g/mol. The monoisotopic (exact) mass is 160 g/mol. The summed E-state index contributed by atoms with van der Waals surface area (Å²) in [6.45, 7) is 2.60. The van der Waals surface area contributed by atoms with Crippen LogP contribution in [0.25, 0.3) is 0 Å². The van der Waals surface area contributed by atoms with E-state index in [2.05, 4.69) is 6.92 Å². The predicted octanol–water partition coefficient (Wildman–Crippen LogP) is 1.76. The van der Waals surface area contributed by atoms with E-state index in [9.17, 15) is 0 Å². The molecule has 0 aromatic heterocycles. The summed E-state index contributed by atoms with van der Waals surface area (Å²) in [5.41, 5.74) is 0. The van der Waals surface area contributed by atoms with Gasteiger partial charge in [-0.1, -0.05) is 13.3 Å². The number of aliphatic hydroxyl groups is 1. The number of rotatable bonds is 4. The molecule has 0 aromatic rings. The van der Waals surface area contributed by atoms with Crippen molar-refractivity contribution in [1.29, 1.82) is 0 Å². The Morgan fingerprint density at radius 1 is 1.60 bits per heavy atom. The van der Waals surface area contributed by atoms with Crippen molar-refractivity contribution in [3.05, 3.63) is 0 Å². The molecule has 60 valence electrons. The van der Waals surface area contributed by atoms with Gasteiger partial charge in [-0.15, -0.1) is 0 Å². The summed E-state index contributed by atoms with van der Waals surface area (Å²) in [6, 6.07) is 0. The second-order valence-electron chi connectivity index (χ2n) is 2.98. The number of hydrogen-bond acceptors (Lipinski definition) is 2. The van der Waals surface area contributed by atoms with Crippen LogP contribution in [-0.4, -0.2) is 23.2 Å². The van der Waals surface area contributed by atoms with Crippen molar-refractivity contribution in [3.8, 4) is 0 Å². The summed E-state index contributed by atoms with van der Waals surface area (Å²) in [5.74, 6) is 4.38. The minimum atomic E-state index is 0.375. The van der Waals surface area contributed by atoms with Crippen molar-refractivity contribution in [1.82, 2.24) is 0 Å². The molecule has 0 spiro atoms. The smallest absolute Gasteiger partial charge is 0.0433 e. The normalized spacial score (nSPS) is 22.2. The largest absolute Gasteiger partial charge is 0.396 e. The van der Waals surface area contributed by atoms with Crippen LogP contribution in [0.1, 0.15) is 19.8 Å². The van der Waals surface area contributed by atoms with E-state index in [0.29, 0.717) is 6.61 Å². The van der Waals surface area contributed by atoms with Crippen LogP contribution in [0.4, 0.5) is 0 Å². The summed E-state index contributed by atoms with van der Waals surface area (Å²) >= 11 is 2.03. The molecule has 10 heavy (non-hydrogen) atoms. The molecule has 1 aliphatic rings. The number of aliphatic hydroxyl groups excluding tert-OH is 1. The van der Waals surface area contributed by atoms with Gasteiger partial charge in [-0.05, 0) is 29.8 Å². The lowest BCUT2D eigenvalue weighted by atomic mass is 9.90. The van der Waals surface area contributed by atoms with Gasteiger partial charge in [0, 0.05) is 6.61 Å². The highest BCUT2D eigenvalue weighted by Gasteiger charge is 2.25. The highest BCUT2D eigenvalue weighted by atomic mass is 32.2. The standard InChI is InChI=1S/C8H16OS/c1-2-7(3-4-9)8-5-10-6-8/h7-9H,2-6H2,1H3. The fourth-order valence-electron chi connectivity index (χ4n) is 1.47. The minimum absolute atomic E-state index is 0.375. The van der Waals surface area contributed by atoms with Gasteiger partial charge in [0.05, 0.1) is 0 Å². The van der Waals surface area contributed by atoms with Gasteiger partial charge >= 0.3 is 0 Å². The Hall–Kier alpha value is 0.310. The molecule has 1 aliphatic heterocycles. The van der Waals surface area contributed by atoms with Crippen molar-refractivity contribution in [2.24, 2.45) is 11.8 Å². The molecule has 0 aliphatic carbocycles. The molecular formula is C8H16OS. The maximum atomic E-state index is 8.73. The summed E-state index contributed by atoms with van der Waals surface area (Å²) < 4.78 is 0. The van der Waals surface area contributed by atoms with Gasteiger partial charge in [0.1, 0.15) is 0 Å². The van der Waals surface area contributed by atoms with Crippen LogP contribution in [0.15, 0.2) is 0 Å². The molecule has 1 atom stereocenters. The molecule has 0 bridgehead atoms. The lowest BCUT2D eigenvalue weighted by Crippen LogP contribution is -2.27.